The minimum absolute atomic E-state index is 0.346. The Hall–Kier alpha value is -4.36. The van der Waals surface area contributed by atoms with E-state index in [-0.39, 0.29) is 6.54 Å². The van der Waals surface area contributed by atoms with Gasteiger partial charge in [-0.3, -0.25) is 23.7 Å². The normalized spacial score (nSPS) is 19.5. The fraction of sp³-hybridized carbons (Fsp3) is 0.226. The number of nitrogens with zero attached hydrogens (tertiary/aromatic N) is 3. The zero-order valence-corrected chi connectivity index (χ0v) is 25.0. The summed E-state index contributed by atoms with van der Waals surface area (Å²) in [4.78, 5) is 56.8. The van der Waals surface area contributed by atoms with Gasteiger partial charge < -0.3 is 10.2 Å². The van der Waals surface area contributed by atoms with E-state index < -0.39 is 57.1 Å². The highest BCUT2D eigenvalue weighted by Gasteiger charge is 2.57. The zero-order chi connectivity index (χ0) is 31.3. The van der Waals surface area contributed by atoms with Crippen molar-refractivity contribution >= 4 is 57.9 Å². The van der Waals surface area contributed by atoms with Crippen molar-refractivity contribution in [1.29, 1.82) is 0 Å². The average molecular weight is 639 g/mol. The molecule has 3 amide bonds. The number of para-hydroxylation sites is 2. The van der Waals surface area contributed by atoms with E-state index in [1.807, 2.05) is 31.1 Å². The number of anilines is 3. The summed E-state index contributed by atoms with van der Waals surface area (Å²) in [5.41, 5.74) is 0.406. The predicted octanol–water partition coefficient (Wildman–Crippen LogP) is 5.43. The maximum Gasteiger partial charge on any atom is 0.418 e. The zero-order valence-electron chi connectivity index (χ0n) is 23.4. The van der Waals surface area contributed by atoms with Crippen LogP contribution in [0, 0.1) is 5.92 Å². The van der Waals surface area contributed by atoms with Gasteiger partial charge in [-0.1, -0.05) is 65.6 Å². The van der Waals surface area contributed by atoms with Crippen LogP contribution in [0.15, 0.2) is 88.7 Å². The number of carbonyl (C=O) groups excluding carboxylic acids is 3. The smallest absolute Gasteiger partial charge is 0.378 e. The van der Waals surface area contributed by atoms with E-state index in [1.54, 1.807) is 42.5 Å². The molecule has 1 N–H and O–H groups in total. The Morgan fingerprint density at radius 1 is 0.909 bits per heavy atom. The number of halogens is 3. The Kier molecular flexibility index (Phi) is 7.62. The Bertz CT molecular complexity index is 1820. The lowest BCUT2D eigenvalue weighted by Crippen LogP contribution is -2.33. The molecule has 0 radical (unpaired) electrons. The first-order valence-electron chi connectivity index (χ1n) is 13.5. The third-order valence-electron chi connectivity index (χ3n) is 7.63. The number of fused-ring (bicyclic) bond motifs is 2. The molecule has 1 saturated heterocycles. The summed E-state index contributed by atoms with van der Waals surface area (Å²) < 4.78 is 43.2. The second-order valence-electron chi connectivity index (χ2n) is 10.6. The predicted molar refractivity (Wildman–Crippen MR) is 163 cm³/mol. The number of hydrogen-bond acceptors (Lipinski definition) is 7. The van der Waals surface area contributed by atoms with Gasteiger partial charge in [0.15, 0.2) is 0 Å². The van der Waals surface area contributed by atoms with Crippen LogP contribution in [0.1, 0.15) is 21.9 Å². The van der Waals surface area contributed by atoms with Gasteiger partial charge in [-0.25, -0.2) is 4.90 Å². The number of thiazole rings is 1. The molecule has 3 atom stereocenters. The third kappa shape index (κ3) is 5.19. The molecule has 0 saturated carbocycles. The number of amides is 3. The van der Waals surface area contributed by atoms with Crippen LogP contribution in [0.2, 0.25) is 0 Å². The molecule has 0 aliphatic carbocycles. The molecule has 2 aliphatic heterocycles. The largest absolute Gasteiger partial charge is 0.418 e. The van der Waals surface area contributed by atoms with Crippen LogP contribution in [-0.4, -0.2) is 41.6 Å². The van der Waals surface area contributed by atoms with Crippen LogP contribution >= 0.6 is 23.1 Å². The van der Waals surface area contributed by atoms with Gasteiger partial charge in [0.2, 0.25) is 17.7 Å². The van der Waals surface area contributed by atoms with E-state index in [1.165, 1.54) is 16.7 Å². The molecule has 0 spiro atoms. The Balaban J connectivity index is 1.45. The van der Waals surface area contributed by atoms with Crippen LogP contribution in [0.4, 0.5) is 30.2 Å². The van der Waals surface area contributed by atoms with Crippen molar-refractivity contribution < 1.29 is 27.6 Å². The van der Waals surface area contributed by atoms with Crippen molar-refractivity contribution in [3.63, 3.8) is 0 Å². The first kappa shape index (κ1) is 29.7. The second-order valence-corrected chi connectivity index (χ2v) is 12.7. The van der Waals surface area contributed by atoms with E-state index in [0.717, 1.165) is 40.9 Å². The molecule has 3 aromatic carbocycles. The van der Waals surface area contributed by atoms with E-state index in [9.17, 15) is 32.3 Å². The molecule has 44 heavy (non-hydrogen) atoms. The summed E-state index contributed by atoms with van der Waals surface area (Å²) in [6.07, 6.45) is -4.80. The summed E-state index contributed by atoms with van der Waals surface area (Å²) in [6.45, 7) is -0.348. The molecular formula is C31H25F3N4O4S2. The molecular weight excluding hydrogens is 613 g/mol. The number of carbonyl (C=O) groups is 3. The van der Waals surface area contributed by atoms with Crippen LogP contribution < -0.4 is 20.0 Å². The molecule has 1 fully saturated rings. The van der Waals surface area contributed by atoms with Crippen molar-refractivity contribution in [2.75, 3.05) is 29.2 Å². The molecule has 4 aromatic rings. The monoisotopic (exact) mass is 638 g/mol. The van der Waals surface area contributed by atoms with Gasteiger partial charge in [0.25, 0.3) is 0 Å². The van der Waals surface area contributed by atoms with Crippen LogP contribution in [0.25, 0.3) is 0 Å². The molecule has 226 valence electrons. The van der Waals surface area contributed by atoms with E-state index in [4.69, 9.17) is 0 Å². The van der Waals surface area contributed by atoms with E-state index >= 15 is 0 Å². The van der Waals surface area contributed by atoms with Gasteiger partial charge >= 0.3 is 11.0 Å². The molecule has 3 heterocycles. The summed E-state index contributed by atoms with van der Waals surface area (Å²) in [5, 5.41) is 1.97. The quantitative estimate of drug-likeness (QED) is 0.284. The summed E-state index contributed by atoms with van der Waals surface area (Å²) >= 11 is 1.81. The highest BCUT2D eigenvalue weighted by atomic mass is 32.2. The summed E-state index contributed by atoms with van der Waals surface area (Å²) in [5.74, 6) is -3.92. The maximum absolute atomic E-state index is 14.0. The standard InChI is InChI=1S/C31H25F3N4O4S2/c1-36(2)19-14-12-17(13-15-19)23-24-25(28(41)38(27(24)40)21-11-7-6-10-20(21)31(32,33)34)43-29-26(23)44-30(42)37(29)16-22(39)35-18-8-4-3-5-9-18/h3-15,23-25H,16H2,1-2H3,(H,35,39). The number of aromatic nitrogens is 1. The number of imide groups is 1. The fourth-order valence-electron chi connectivity index (χ4n) is 5.61. The van der Waals surface area contributed by atoms with Gasteiger partial charge in [-0.15, -0.1) is 0 Å². The van der Waals surface area contributed by atoms with Gasteiger partial charge in [0, 0.05) is 36.3 Å². The molecule has 3 unspecified atom stereocenters. The Labute approximate surface area is 258 Å². The molecule has 8 nitrogen and oxygen atoms in total. The number of benzene rings is 3. The van der Waals surface area contributed by atoms with Crippen molar-refractivity contribution in [2.24, 2.45) is 5.92 Å². The first-order chi connectivity index (χ1) is 21.0. The average Bonchev–Trinajstić information content (AvgIpc) is 3.43. The highest BCUT2D eigenvalue weighted by molar-refractivity contribution is 8.00. The number of thioether (sulfide) groups is 1. The topological polar surface area (TPSA) is 91.7 Å². The van der Waals surface area contributed by atoms with Crippen molar-refractivity contribution in [3.8, 4) is 0 Å². The minimum Gasteiger partial charge on any atom is -0.378 e. The SMILES string of the molecule is CN(C)c1ccc(C2c3sc(=O)n(CC(=O)Nc4ccccc4)c3SC3C(=O)N(c4ccccc4C(F)(F)F)C(=O)C32)cc1. The Morgan fingerprint density at radius 2 is 1.57 bits per heavy atom. The third-order valence-corrected chi connectivity index (χ3v) is 10.2. The second kappa shape index (κ2) is 11.3. The minimum atomic E-state index is -4.80. The van der Waals surface area contributed by atoms with Crippen molar-refractivity contribution in [3.05, 3.63) is 105 Å². The van der Waals surface area contributed by atoms with Gasteiger partial charge in [0.1, 0.15) is 11.8 Å². The lowest BCUT2D eigenvalue weighted by atomic mass is 9.83. The van der Waals surface area contributed by atoms with Gasteiger partial charge in [-0.05, 0) is 42.0 Å². The summed E-state index contributed by atoms with van der Waals surface area (Å²) in [7, 11) is 3.73. The first-order valence-corrected chi connectivity index (χ1v) is 15.2. The number of hydrogen-bond donors (Lipinski definition) is 1. The van der Waals surface area contributed by atoms with Gasteiger partial charge in [-0.2, -0.15) is 13.2 Å². The molecule has 2 aliphatic rings. The van der Waals surface area contributed by atoms with Crippen LogP contribution in [0.5, 0.6) is 0 Å². The van der Waals surface area contributed by atoms with Crippen LogP contribution in [-0.2, 0) is 27.1 Å². The molecule has 6 rings (SSSR count). The number of alkyl halides is 3. The van der Waals surface area contributed by atoms with Gasteiger partial charge in [0.05, 0.1) is 22.2 Å². The van der Waals surface area contributed by atoms with E-state index in [2.05, 4.69) is 5.32 Å². The summed E-state index contributed by atoms with van der Waals surface area (Å²) in [6, 6.07) is 20.4. The van der Waals surface area contributed by atoms with Crippen molar-refractivity contribution in [1.82, 2.24) is 4.57 Å². The fourth-order valence-corrected chi connectivity index (χ4v) is 8.38. The lowest BCUT2D eigenvalue weighted by Gasteiger charge is -2.31. The Morgan fingerprint density at radius 3 is 2.23 bits per heavy atom. The molecule has 0 bridgehead atoms. The van der Waals surface area contributed by atoms with Crippen LogP contribution in [0.3, 0.4) is 0 Å². The maximum atomic E-state index is 14.0. The number of nitrogens with one attached hydrogen (secondary N) is 1. The highest BCUT2D eigenvalue weighted by Crippen LogP contribution is 2.54. The lowest BCUT2D eigenvalue weighted by molar-refractivity contribution is -0.137. The van der Waals surface area contributed by atoms with E-state index in [0.29, 0.717) is 26.1 Å². The molecule has 13 heteroatoms. The number of rotatable bonds is 6. The molecule has 1 aromatic heterocycles. The van der Waals surface area contributed by atoms with Crippen molar-refractivity contribution in [2.45, 2.75) is 28.9 Å².